The largest absolute Gasteiger partial charge is 0.465 e. The molecule has 4 nitrogen and oxygen atoms in total. The molecular weight excluding hydrogens is 312 g/mol. The lowest BCUT2D eigenvalue weighted by Crippen LogP contribution is -2.43. The van der Waals surface area contributed by atoms with E-state index in [-0.39, 0.29) is 5.97 Å². The predicted octanol–water partition coefficient (Wildman–Crippen LogP) is 3.57. The molecule has 0 radical (unpaired) electrons. The molecule has 0 aliphatic carbocycles. The minimum absolute atomic E-state index is 0.284. The van der Waals surface area contributed by atoms with Crippen LogP contribution in [-0.4, -0.2) is 44.2 Å². The Bertz CT molecular complexity index is 677. The van der Waals surface area contributed by atoms with Gasteiger partial charge in [-0.05, 0) is 49.7 Å². The van der Waals surface area contributed by atoms with Gasteiger partial charge >= 0.3 is 5.97 Å². The van der Waals surface area contributed by atoms with Crippen molar-refractivity contribution < 1.29 is 9.53 Å². The van der Waals surface area contributed by atoms with Gasteiger partial charge < -0.3 is 9.64 Å². The van der Waals surface area contributed by atoms with Crippen LogP contribution < -0.4 is 4.90 Å². The normalized spacial score (nSPS) is 15.4. The number of anilines is 1. The average molecular weight is 338 g/mol. The van der Waals surface area contributed by atoms with Crippen molar-refractivity contribution in [3.63, 3.8) is 0 Å². The summed E-state index contributed by atoms with van der Waals surface area (Å²) >= 11 is 0. The molecule has 0 N–H and O–H groups in total. The summed E-state index contributed by atoms with van der Waals surface area (Å²) in [6, 6.07) is 19.0. The van der Waals surface area contributed by atoms with Crippen molar-refractivity contribution >= 4 is 11.7 Å². The number of benzene rings is 2. The van der Waals surface area contributed by atoms with Gasteiger partial charge in [-0.1, -0.05) is 30.3 Å². The summed E-state index contributed by atoms with van der Waals surface area (Å²) in [6.07, 6.45) is 2.31. The summed E-state index contributed by atoms with van der Waals surface area (Å²) < 4.78 is 4.75. The van der Waals surface area contributed by atoms with Crippen LogP contribution in [0.25, 0.3) is 0 Å². The van der Waals surface area contributed by atoms with Crippen molar-refractivity contribution in [1.82, 2.24) is 4.90 Å². The van der Waals surface area contributed by atoms with Gasteiger partial charge in [-0.25, -0.2) is 4.79 Å². The maximum absolute atomic E-state index is 11.5. The van der Waals surface area contributed by atoms with Gasteiger partial charge in [-0.15, -0.1) is 0 Å². The second-order valence-corrected chi connectivity index (χ2v) is 6.66. The molecule has 1 saturated heterocycles. The molecule has 0 spiro atoms. The SMILES string of the molecule is COC(=O)c1ccc(N2CCC(N(C)Cc3ccccc3)CC2)cc1. The second kappa shape index (κ2) is 8.17. The number of carbonyl (C=O) groups is 1. The summed E-state index contributed by atoms with van der Waals surface area (Å²) in [5, 5.41) is 0. The predicted molar refractivity (Wildman–Crippen MR) is 101 cm³/mol. The molecular formula is C21H26N2O2. The first kappa shape index (κ1) is 17.5. The Balaban J connectivity index is 1.53. The zero-order valence-corrected chi connectivity index (χ0v) is 15.0. The number of nitrogens with zero attached hydrogens (tertiary/aromatic N) is 2. The number of piperidine rings is 1. The number of hydrogen-bond donors (Lipinski definition) is 0. The monoisotopic (exact) mass is 338 g/mol. The Morgan fingerprint density at radius 1 is 1.08 bits per heavy atom. The number of ether oxygens (including phenoxy) is 1. The highest BCUT2D eigenvalue weighted by Crippen LogP contribution is 2.23. The van der Waals surface area contributed by atoms with Gasteiger partial charge in [0, 0.05) is 31.4 Å². The lowest BCUT2D eigenvalue weighted by Gasteiger charge is -2.38. The zero-order valence-electron chi connectivity index (χ0n) is 15.0. The molecule has 0 amide bonds. The molecule has 1 aliphatic rings. The minimum Gasteiger partial charge on any atom is -0.465 e. The first-order chi connectivity index (χ1) is 12.2. The van der Waals surface area contributed by atoms with E-state index < -0.39 is 0 Å². The third-order valence-corrected chi connectivity index (χ3v) is 5.02. The molecule has 3 rings (SSSR count). The van der Waals surface area contributed by atoms with Crippen molar-refractivity contribution in [3.05, 3.63) is 65.7 Å². The van der Waals surface area contributed by atoms with Crippen LogP contribution in [0.1, 0.15) is 28.8 Å². The van der Waals surface area contributed by atoms with Crippen molar-refractivity contribution in [2.45, 2.75) is 25.4 Å². The number of esters is 1. The average Bonchev–Trinajstić information content (AvgIpc) is 2.68. The molecule has 132 valence electrons. The van der Waals surface area contributed by atoms with Crippen molar-refractivity contribution in [3.8, 4) is 0 Å². The summed E-state index contributed by atoms with van der Waals surface area (Å²) in [4.78, 5) is 16.4. The van der Waals surface area contributed by atoms with Crippen LogP contribution in [0.3, 0.4) is 0 Å². The first-order valence-electron chi connectivity index (χ1n) is 8.85. The van der Waals surface area contributed by atoms with Gasteiger partial charge in [-0.2, -0.15) is 0 Å². The molecule has 25 heavy (non-hydrogen) atoms. The fourth-order valence-corrected chi connectivity index (χ4v) is 3.49. The van der Waals surface area contributed by atoms with E-state index in [0.29, 0.717) is 11.6 Å². The summed E-state index contributed by atoms with van der Waals surface area (Å²) in [7, 11) is 3.63. The lowest BCUT2D eigenvalue weighted by atomic mass is 10.0. The van der Waals surface area contributed by atoms with E-state index in [2.05, 4.69) is 47.2 Å². The number of carbonyl (C=O) groups excluding carboxylic acids is 1. The standard InChI is InChI=1S/C21H26N2O2/c1-22(16-17-6-4-3-5-7-17)19-12-14-23(15-13-19)20-10-8-18(9-11-20)21(24)25-2/h3-11,19H,12-16H2,1-2H3. The van der Waals surface area contributed by atoms with Gasteiger partial charge in [0.05, 0.1) is 12.7 Å². The maximum Gasteiger partial charge on any atom is 0.337 e. The van der Waals surface area contributed by atoms with E-state index >= 15 is 0 Å². The molecule has 0 bridgehead atoms. The third-order valence-electron chi connectivity index (χ3n) is 5.02. The first-order valence-corrected chi connectivity index (χ1v) is 8.85. The highest BCUT2D eigenvalue weighted by Gasteiger charge is 2.22. The van der Waals surface area contributed by atoms with Crippen LogP contribution in [0.15, 0.2) is 54.6 Å². The van der Waals surface area contributed by atoms with Gasteiger partial charge in [0.1, 0.15) is 0 Å². The van der Waals surface area contributed by atoms with Gasteiger partial charge in [0.15, 0.2) is 0 Å². The number of methoxy groups -OCH3 is 1. The Morgan fingerprint density at radius 3 is 2.32 bits per heavy atom. The smallest absolute Gasteiger partial charge is 0.337 e. The van der Waals surface area contributed by atoms with Gasteiger partial charge in [0.25, 0.3) is 0 Å². The summed E-state index contributed by atoms with van der Waals surface area (Å²) in [6.45, 7) is 3.09. The van der Waals surface area contributed by atoms with Crippen LogP contribution in [0.2, 0.25) is 0 Å². The summed E-state index contributed by atoms with van der Waals surface area (Å²) in [5.74, 6) is -0.284. The van der Waals surface area contributed by atoms with Crippen molar-refractivity contribution in [2.24, 2.45) is 0 Å². The number of rotatable bonds is 5. The Hall–Kier alpha value is -2.33. The minimum atomic E-state index is -0.284. The lowest BCUT2D eigenvalue weighted by molar-refractivity contribution is 0.0601. The van der Waals surface area contributed by atoms with Crippen LogP contribution in [0.4, 0.5) is 5.69 Å². The van der Waals surface area contributed by atoms with E-state index in [9.17, 15) is 4.79 Å². The van der Waals surface area contributed by atoms with Crippen molar-refractivity contribution in [2.75, 3.05) is 32.1 Å². The fraction of sp³-hybridized carbons (Fsp3) is 0.381. The third kappa shape index (κ3) is 4.40. The molecule has 0 aromatic heterocycles. The molecule has 0 saturated carbocycles. The Kier molecular flexibility index (Phi) is 5.71. The van der Waals surface area contributed by atoms with E-state index in [4.69, 9.17) is 4.74 Å². The van der Waals surface area contributed by atoms with Crippen molar-refractivity contribution in [1.29, 1.82) is 0 Å². The highest BCUT2D eigenvalue weighted by atomic mass is 16.5. The highest BCUT2D eigenvalue weighted by molar-refractivity contribution is 5.89. The van der Waals surface area contributed by atoms with E-state index in [0.717, 1.165) is 32.5 Å². The zero-order chi connectivity index (χ0) is 17.6. The summed E-state index contributed by atoms with van der Waals surface area (Å²) in [5.41, 5.74) is 3.14. The molecule has 0 unspecified atom stereocenters. The number of hydrogen-bond acceptors (Lipinski definition) is 4. The molecule has 2 aromatic carbocycles. The fourth-order valence-electron chi connectivity index (χ4n) is 3.49. The Labute approximate surface area is 150 Å². The quantitative estimate of drug-likeness (QED) is 0.780. The Morgan fingerprint density at radius 2 is 1.72 bits per heavy atom. The van der Waals surface area contributed by atoms with Crippen LogP contribution >= 0.6 is 0 Å². The molecule has 0 atom stereocenters. The van der Waals surface area contributed by atoms with Crippen LogP contribution in [0.5, 0.6) is 0 Å². The topological polar surface area (TPSA) is 32.8 Å². The van der Waals surface area contributed by atoms with E-state index in [1.807, 2.05) is 24.3 Å². The van der Waals surface area contributed by atoms with E-state index in [1.165, 1.54) is 18.4 Å². The van der Waals surface area contributed by atoms with Gasteiger partial charge in [0.2, 0.25) is 0 Å². The van der Waals surface area contributed by atoms with Gasteiger partial charge in [-0.3, -0.25) is 4.90 Å². The molecule has 1 fully saturated rings. The van der Waals surface area contributed by atoms with Crippen LogP contribution in [-0.2, 0) is 11.3 Å². The molecule has 1 heterocycles. The molecule has 1 aliphatic heterocycles. The maximum atomic E-state index is 11.5. The molecule has 4 heteroatoms. The van der Waals surface area contributed by atoms with Crippen LogP contribution in [0, 0.1) is 0 Å². The molecule has 2 aromatic rings. The second-order valence-electron chi connectivity index (χ2n) is 6.66. The van der Waals surface area contributed by atoms with E-state index in [1.54, 1.807) is 0 Å².